The molecule has 1 aliphatic carbocycles. The van der Waals surface area contributed by atoms with E-state index in [1.54, 1.807) is 17.8 Å². The average molecular weight is 393 g/mol. The molecule has 2 heterocycles. The summed E-state index contributed by atoms with van der Waals surface area (Å²) >= 11 is 2.94. The number of amides is 1. The molecule has 1 saturated carbocycles. The average Bonchev–Trinajstić information content (AvgIpc) is 3.36. The summed E-state index contributed by atoms with van der Waals surface area (Å²) < 4.78 is 19.9. The number of thioether (sulfide) groups is 1. The molecule has 0 aliphatic heterocycles. The number of nitrogens with one attached hydrogen (secondary N) is 2. The van der Waals surface area contributed by atoms with Crippen molar-refractivity contribution < 1.29 is 13.9 Å². The van der Waals surface area contributed by atoms with E-state index in [0.29, 0.717) is 14.8 Å². The Morgan fingerprint density at radius 2 is 2.23 bits per heavy atom. The van der Waals surface area contributed by atoms with Gasteiger partial charge in [-0.05, 0) is 30.2 Å². The van der Waals surface area contributed by atoms with Crippen LogP contribution < -0.4 is 10.1 Å². The summed E-state index contributed by atoms with van der Waals surface area (Å²) in [6.45, 7) is 0. The lowest BCUT2D eigenvalue weighted by molar-refractivity contribution is 0.102. The molecule has 26 heavy (non-hydrogen) atoms. The Labute approximate surface area is 156 Å². The van der Waals surface area contributed by atoms with Crippen LogP contribution >= 0.6 is 23.1 Å². The lowest BCUT2D eigenvalue weighted by atomic mass is 10.2. The number of aromatic nitrogens is 4. The first-order valence-electron chi connectivity index (χ1n) is 8.17. The topological polar surface area (TPSA) is 92.8 Å². The maximum Gasteiger partial charge on any atom is 0.270 e. The zero-order chi connectivity index (χ0) is 18.1. The van der Waals surface area contributed by atoms with Gasteiger partial charge in [0.15, 0.2) is 11.6 Å². The molecule has 10 heteroatoms. The van der Waals surface area contributed by atoms with Gasteiger partial charge in [0.05, 0.1) is 7.11 Å². The van der Waals surface area contributed by atoms with Gasteiger partial charge in [-0.15, -0.1) is 28.2 Å². The highest BCUT2D eigenvalue weighted by atomic mass is 32.2. The van der Waals surface area contributed by atoms with Crippen molar-refractivity contribution in [3.63, 3.8) is 0 Å². The third-order valence-electron chi connectivity index (χ3n) is 4.28. The van der Waals surface area contributed by atoms with Crippen molar-refractivity contribution in [1.82, 2.24) is 20.6 Å². The third kappa shape index (κ3) is 3.26. The molecule has 7 nitrogen and oxygen atoms in total. The second kappa shape index (κ2) is 7.20. The van der Waals surface area contributed by atoms with E-state index < -0.39 is 5.82 Å². The number of fused-ring (bicyclic) bond motifs is 1. The number of carbonyl (C=O) groups is 1. The number of hydrogen-bond donors (Lipinski definition) is 2. The molecule has 0 unspecified atom stereocenters. The van der Waals surface area contributed by atoms with Gasteiger partial charge in [0.2, 0.25) is 0 Å². The molecule has 2 N–H and O–H groups in total. The summed E-state index contributed by atoms with van der Waals surface area (Å²) in [5.41, 5.74) is 0. The fourth-order valence-corrected chi connectivity index (χ4v) is 5.78. The number of ether oxygens (including phenoxy) is 1. The molecule has 0 bridgehead atoms. The van der Waals surface area contributed by atoms with Crippen LogP contribution in [-0.2, 0) is 0 Å². The number of methoxy groups -OCH3 is 1. The fraction of sp³-hybridized carbons (Fsp3) is 0.375. The molecule has 136 valence electrons. The SMILES string of the molecule is COc1cc2c(SC3CCCC3)c(C(=O)Nc3nn[nH]n3)sc2cc1F. The standard InChI is InChI=1S/C16H16FN5O2S2/c1-24-11-6-9-12(7-10(11)17)26-14(13(9)25-8-4-2-3-5-8)15(23)18-16-19-21-22-20-16/h6-8H,2-5H2,1H3,(H2,18,19,20,21,22,23). The smallest absolute Gasteiger partial charge is 0.270 e. The molecular formula is C16H16FN5O2S2. The molecule has 0 saturated heterocycles. The van der Waals surface area contributed by atoms with E-state index in [2.05, 4.69) is 25.9 Å². The number of carbonyl (C=O) groups excluding carboxylic acids is 1. The number of rotatable bonds is 5. The van der Waals surface area contributed by atoms with Crippen LogP contribution in [0.15, 0.2) is 17.0 Å². The van der Waals surface area contributed by atoms with Gasteiger partial charge in [-0.25, -0.2) is 4.39 Å². The van der Waals surface area contributed by atoms with Crippen LogP contribution in [-0.4, -0.2) is 38.9 Å². The van der Waals surface area contributed by atoms with E-state index in [9.17, 15) is 9.18 Å². The van der Waals surface area contributed by atoms with Crippen LogP contribution in [0.2, 0.25) is 0 Å². The normalized spacial score (nSPS) is 14.8. The van der Waals surface area contributed by atoms with Crippen molar-refractivity contribution in [3.8, 4) is 5.75 Å². The van der Waals surface area contributed by atoms with Gasteiger partial charge in [-0.2, -0.15) is 5.21 Å². The second-order valence-electron chi connectivity index (χ2n) is 5.96. The number of nitrogens with zero attached hydrogens (tertiary/aromatic N) is 3. The summed E-state index contributed by atoms with van der Waals surface area (Å²) in [5, 5.41) is 17.1. The number of hydrogen-bond acceptors (Lipinski definition) is 7. The minimum atomic E-state index is -0.441. The van der Waals surface area contributed by atoms with E-state index in [1.165, 1.54) is 37.4 Å². The molecule has 1 amide bonds. The highest BCUT2D eigenvalue weighted by Gasteiger charge is 2.25. The largest absolute Gasteiger partial charge is 0.494 e. The van der Waals surface area contributed by atoms with Crippen LogP contribution in [0.25, 0.3) is 10.1 Å². The summed E-state index contributed by atoms with van der Waals surface area (Å²) in [5.74, 6) is -0.488. The zero-order valence-corrected chi connectivity index (χ0v) is 15.5. The van der Waals surface area contributed by atoms with Crippen molar-refractivity contribution in [3.05, 3.63) is 22.8 Å². The Balaban J connectivity index is 1.77. The highest BCUT2D eigenvalue weighted by Crippen LogP contribution is 2.45. The minimum absolute atomic E-state index is 0.105. The molecule has 1 fully saturated rings. The molecule has 0 radical (unpaired) electrons. The number of tetrazole rings is 1. The highest BCUT2D eigenvalue weighted by molar-refractivity contribution is 8.00. The molecule has 1 aliphatic rings. The van der Waals surface area contributed by atoms with Crippen LogP contribution in [0, 0.1) is 5.82 Å². The monoisotopic (exact) mass is 393 g/mol. The number of thiophene rings is 1. The number of halogens is 1. The van der Waals surface area contributed by atoms with E-state index in [4.69, 9.17) is 4.74 Å². The number of aromatic amines is 1. The molecule has 0 atom stereocenters. The van der Waals surface area contributed by atoms with E-state index in [0.717, 1.165) is 23.1 Å². The Morgan fingerprint density at radius 1 is 1.42 bits per heavy atom. The van der Waals surface area contributed by atoms with Crippen molar-refractivity contribution in [1.29, 1.82) is 0 Å². The summed E-state index contributed by atoms with van der Waals surface area (Å²) in [7, 11) is 1.43. The van der Waals surface area contributed by atoms with Crippen LogP contribution in [0.1, 0.15) is 35.4 Å². The maximum atomic E-state index is 14.1. The first-order chi connectivity index (χ1) is 12.7. The Bertz CT molecular complexity index is 938. The summed E-state index contributed by atoms with van der Waals surface area (Å²) in [6.07, 6.45) is 4.63. The van der Waals surface area contributed by atoms with Crippen molar-refractivity contribution in [2.24, 2.45) is 0 Å². The molecule has 3 aromatic rings. The lowest BCUT2D eigenvalue weighted by Crippen LogP contribution is -2.12. The van der Waals surface area contributed by atoms with Gasteiger partial charge in [0.1, 0.15) is 4.88 Å². The maximum absolute atomic E-state index is 14.1. The van der Waals surface area contributed by atoms with Gasteiger partial charge in [-0.1, -0.05) is 17.9 Å². The van der Waals surface area contributed by atoms with Gasteiger partial charge >= 0.3 is 0 Å². The minimum Gasteiger partial charge on any atom is -0.494 e. The predicted molar refractivity (Wildman–Crippen MR) is 98.6 cm³/mol. The predicted octanol–water partition coefficient (Wildman–Crippen LogP) is 3.85. The van der Waals surface area contributed by atoms with Gasteiger partial charge < -0.3 is 4.74 Å². The first-order valence-corrected chi connectivity index (χ1v) is 9.87. The lowest BCUT2D eigenvalue weighted by Gasteiger charge is -2.10. The van der Waals surface area contributed by atoms with Crippen molar-refractivity contribution >= 4 is 45.0 Å². The first kappa shape index (κ1) is 17.2. The summed E-state index contributed by atoms with van der Waals surface area (Å²) in [6, 6.07) is 3.09. The number of anilines is 1. The Morgan fingerprint density at radius 3 is 2.92 bits per heavy atom. The number of benzene rings is 1. The third-order valence-corrected chi connectivity index (χ3v) is 7.03. The van der Waals surface area contributed by atoms with Crippen LogP contribution in [0.3, 0.4) is 0 Å². The van der Waals surface area contributed by atoms with E-state index >= 15 is 0 Å². The molecule has 2 aromatic heterocycles. The van der Waals surface area contributed by atoms with E-state index in [1.807, 2.05) is 0 Å². The molecule has 4 rings (SSSR count). The van der Waals surface area contributed by atoms with E-state index in [-0.39, 0.29) is 17.6 Å². The fourth-order valence-electron chi connectivity index (χ4n) is 3.04. The van der Waals surface area contributed by atoms with Gasteiger partial charge in [0, 0.05) is 20.2 Å². The quantitative estimate of drug-likeness (QED) is 0.684. The van der Waals surface area contributed by atoms with Crippen LogP contribution in [0.5, 0.6) is 5.75 Å². The second-order valence-corrected chi connectivity index (χ2v) is 8.32. The zero-order valence-electron chi connectivity index (χ0n) is 13.9. The Hall–Kier alpha value is -2.20. The van der Waals surface area contributed by atoms with Crippen molar-refractivity contribution in [2.75, 3.05) is 12.4 Å². The molecule has 0 spiro atoms. The van der Waals surface area contributed by atoms with Crippen molar-refractivity contribution in [2.45, 2.75) is 35.8 Å². The summed E-state index contributed by atoms with van der Waals surface area (Å²) in [4.78, 5) is 14.1. The van der Waals surface area contributed by atoms with Gasteiger partial charge in [0.25, 0.3) is 11.9 Å². The Kier molecular flexibility index (Phi) is 4.77. The number of H-pyrrole nitrogens is 1. The van der Waals surface area contributed by atoms with Crippen LogP contribution in [0.4, 0.5) is 10.3 Å². The van der Waals surface area contributed by atoms with Gasteiger partial charge in [-0.3, -0.25) is 10.1 Å². The molecular weight excluding hydrogens is 377 g/mol. The molecule has 1 aromatic carbocycles.